The Labute approximate surface area is 337 Å². The number of likely N-dealkylation sites (N-methyl/N-ethyl adjacent to an activating group) is 2. The van der Waals surface area contributed by atoms with Gasteiger partial charge in [-0.3, -0.25) is 14.4 Å². The zero-order valence-electron chi connectivity index (χ0n) is 30.0. The maximum absolute atomic E-state index is 12.7. The predicted molar refractivity (Wildman–Crippen MR) is 211 cm³/mol. The van der Waals surface area contributed by atoms with E-state index < -0.39 is 0 Å². The van der Waals surface area contributed by atoms with E-state index in [1.165, 1.54) is 4.90 Å². The highest BCUT2D eigenvalue weighted by Gasteiger charge is 2.21. The topological polar surface area (TPSA) is 136 Å². The fourth-order valence-electron chi connectivity index (χ4n) is 5.53. The van der Waals surface area contributed by atoms with Gasteiger partial charge in [-0.05, 0) is 55.0 Å². The van der Waals surface area contributed by atoms with Gasteiger partial charge in [0, 0.05) is 54.2 Å². The lowest BCUT2D eigenvalue weighted by Gasteiger charge is -2.16. The number of rotatable bonds is 12. The molecule has 2 aromatic carbocycles. The summed E-state index contributed by atoms with van der Waals surface area (Å²) < 4.78 is 8.37. The number of imidazole rings is 2. The molecule has 55 heavy (non-hydrogen) atoms. The normalized spacial score (nSPS) is 10.5. The van der Waals surface area contributed by atoms with E-state index in [1.807, 2.05) is 58.3 Å². The van der Waals surface area contributed by atoms with Crippen LogP contribution in [0.5, 0.6) is 0 Å². The number of carbonyl (C=O) groups is 3. The molecule has 0 fully saturated rings. The van der Waals surface area contributed by atoms with Crippen molar-refractivity contribution in [2.24, 2.45) is 0 Å². The summed E-state index contributed by atoms with van der Waals surface area (Å²) in [7, 11) is 3.48. The third-order valence-corrected chi connectivity index (χ3v) is 9.21. The molecule has 0 radical (unpaired) electrons. The van der Waals surface area contributed by atoms with E-state index in [1.54, 1.807) is 54.7 Å². The first-order valence-corrected chi connectivity index (χ1v) is 18.3. The molecular weight excluding hydrogens is 790 g/mol. The maximum Gasteiger partial charge on any atom is 0.373 e. The van der Waals surface area contributed by atoms with Crippen molar-refractivity contribution in [1.82, 2.24) is 28.6 Å². The minimum atomic E-state index is -0.124. The molecule has 6 rings (SSSR count). The fourth-order valence-corrected chi connectivity index (χ4v) is 6.10. The van der Waals surface area contributed by atoms with Crippen LogP contribution in [-0.4, -0.2) is 86.8 Å². The Kier molecular flexibility index (Phi) is 15.8. The molecule has 0 saturated heterocycles. The number of pyridine rings is 2. The number of halogens is 4. The molecule has 12 nitrogen and oxygen atoms in total. The standard InChI is InChI=1S/C19H17Cl2N3O3.C19H19Cl2N3O.CO2/c1-23(8-9-27-12-25)18(26)10-16-19(13-2-4-14(20)5-3-13)22-17-7-6-15(21)11-24(16)17;1-3-10-23(2)18(25)11-16-19(13-4-6-14(20)7-5-13)22-17-9-8-15(21)12-24(16)17;2-1-3/h2-7,11-12H,8-10H2,1H3;4-9,12H,3,10-11H2,1-2H3;. The number of hydrogen-bond donors (Lipinski definition) is 0. The lowest BCUT2D eigenvalue weighted by Crippen LogP contribution is -2.31. The quantitative estimate of drug-likeness (QED) is 0.0909. The van der Waals surface area contributed by atoms with Crippen LogP contribution in [-0.2, 0) is 41.6 Å². The Bertz CT molecular complexity index is 2290. The first-order valence-electron chi connectivity index (χ1n) is 16.8. The fraction of sp³-hybridized carbons (Fsp3) is 0.231. The Morgan fingerprint density at radius 1 is 0.673 bits per heavy atom. The van der Waals surface area contributed by atoms with Gasteiger partial charge in [-0.1, -0.05) is 77.6 Å². The molecule has 0 aliphatic rings. The van der Waals surface area contributed by atoms with E-state index in [0.717, 1.165) is 46.8 Å². The molecule has 0 aliphatic carbocycles. The van der Waals surface area contributed by atoms with Gasteiger partial charge < -0.3 is 23.3 Å². The summed E-state index contributed by atoms with van der Waals surface area (Å²) in [5.74, 6) is -0.0691. The van der Waals surface area contributed by atoms with Crippen LogP contribution >= 0.6 is 46.4 Å². The highest BCUT2D eigenvalue weighted by Crippen LogP contribution is 2.29. The SMILES string of the molecule is CCCN(C)C(=O)Cc1c(-c2ccc(Cl)cc2)nc2ccc(Cl)cn12.CN(CCOC=O)C(=O)Cc1c(-c2ccc(Cl)cc2)nc2ccc(Cl)cn12.O=C=O. The van der Waals surface area contributed by atoms with E-state index in [0.29, 0.717) is 44.4 Å². The highest BCUT2D eigenvalue weighted by molar-refractivity contribution is 6.31. The van der Waals surface area contributed by atoms with Crippen LogP contribution in [0.3, 0.4) is 0 Å². The van der Waals surface area contributed by atoms with Crippen molar-refractivity contribution in [2.75, 3.05) is 33.8 Å². The van der Waals surface area contributed by atoms with Crippen LogP contribution < -0.4 is 0 Å². The largest absolute Gasteiger partial charge is 0.466 e. The van der Waals surface area contributed by atoms with Gasteiger partial charge in [-0.15, -0.1) is 0 Å². The summed E-state index contributed by atoms with van der Waals surface area (Å²) in [5.41, 5.74) is 6.25. The van der Waals surface area contributed by atoms with Crippen molar-refractivity contribution in [2.45, 2.75) is 26.2 Å². The molecule has 0 spiro atoms. The Hall–Kier alpha value is -5.23. The third kappa shape index (κ3) is 11.4. The van der Waals surface area contributed by atoms with Gasteiger partial charge in [-0.25, -0.2) is 9.97 Å². The first kappa shape index (κ1) is 42.5. The molecule has 4 aromatic heterocycles. The molecule has 0 unspecified atom stereocenters. The zero-order chi connectivity index (χ0) is 40.1. The molecule has 6 aromatic rings. The van der Waals surface area contributed by atoms with Crippen molar-refractivity contribution in [3.63, 3.8) is 0 Å². The Morgan fingerprint density at radius 3 is 1.44 bits per heavy atom. The van der Waals surface area contributed by atoms with Crippen molar-refractivity contribution in [3.8, 4) is 22.5 Å². The molecule has 0 atom stereocenters. The molecule has 0 aliphatic heterocycles. The van der Waals surface area contributed by atoms with E-state index in [2.05, 4.69) is 16.6 Å². The summed E-state index contributed by atoms with van der Waals surface area (Å²) >= 11 is 24.3. The molecule has 286 valence electrons. The average molecular weight is 827 g/mol. The molecular formula is C39H36Cl4N6O6. The molecule has 0 saturated carbocycles. The summed E-state index contributed by atoms with van der Waals surface area (Å²) in [6.45, 7) is 3.60. The Balaban J connectivity index is 0.000000229. The minimum Gasteiger partial charge on any atom is -0.466 e. The zero-order valence-corrected chi connectivity index (χ0v) is 33.1. The van der Waals surface area contributed by atoms with Gasteiger partial charge in [0.05, 0.1) is 52.2 Å². The third-order valence-electron chi connectivity index (χ3n) is 8.26. The molecule has 0 N–H and O–H groups in total. The summed E-state index contributed by atoms with van der Waals surface area (Å²) in [6.07, 6.45) is 5.09. The first-order chi connectivity index (χ1) is 26.4. The van der Waals surface area contributed by atoms with Gasteiger partial charge in [0.2, 0.25) is 11.8 Å². The summed E-state index contributed by atoms with van der Waals surface area (Å²) in [6, 6.07) is 22.0. The highest BCUT2D eigenvalue weighted by atomic mass is 35.5. The van der Waals surface area contributed by atoms with Crippen molar-refractivity contribution in [3.05, 3.63) is 117 Å². The maximum atomic E-state index is 12.7. The lowest BCUT2D eigenvalue weighted by atomic mass is 10.1. The van der Waals surface area contributed by atoms with Crippen LogP contribution in [0.4, 0.5) is 0 Å². The van der Waals surface area contributed by atoms with Crippen LogP contribution in [0.25, 0.3) is 33.8 Å². The van der Waals surface area contributed by atoms with Crippen molar-refractivity contribution in [1.29, 1.82) is 0 Å². The van der Waals surface area contributed by atoms with Gasteiger partial charge in [0.1, 0.15) is 17.9 Å². The molecule has 4 heterocycles. The van der Waals surface area contributed by atoms with Crippen LogP contribution in [0.1, 0.15) is 24.7 Å². The number of hydrogen-bond acceptors (Lipinski definition) is 8. The number of amides is 2. The number of carbonyl (C=O) groups excluding carboxylic acids is 5. The number of nitrogens with zero attached hydrogens (tertiary/aromatic N) is 6. The average Bonchev–Trinajstić information content (AvgIpc) is 3.70. The monoisotopic (exact) mass is 824 g/mol. The van der Waals surface area contributed by atoms with E-state index in [9.17, 15) is 14.4 Å². The van der Waals surface area contributed by atoms with E-state index in [-0.39, 0.29) is 37.4 Å². The second-order valence-electron chi connectivity index (χ2n) is 12.0. The smallest absolute Gasteiger partial charge is 0.373 e. The Morgan fingerprint density at radius 2 is 1.05 bits per heavy atom. The van der Waals surface area contributed by atoms with Gasteiger partial charge >= 0.3 is 6.15 Å². The van der Waals surface area contributed by atoms with Crippen LogP contribution in [0.15, 0.2) is 85.2 Å². The lowest BCUT2D eigenvalue weighted by molar-refractivity contribution is -0.191. The number of ether oxygens (including phenoxy) is 1. The van der Waals surface area contributed by atoms with Gasteiger partial charge in [0.15, 0.2) is 0 Å². The van der Waals surface area contributed by atoms with Crippen molar-refractivity contribution < 1.29 is 28.7 Å². The second kappa shape index (κ2) is 20.5. The predicted octanol–water partition coefficient (Wildman–Crippen LogP) is 7.62. The second-order valence-corrected chi connectivity index (χ2v) is 13.8. The van der Waals surface area contributed by atoms with Crippen molar-refractivity contribution >= 4 is 82.1 Å². The molecule has 0 bridgehead atoms. The van der Waals surface area contributed by atoms with E-state index in [4.69, 9.17) is 61.0 Å². The van der Waals surface area contributed by atoms with Gasteiger partial charge in [-0.2, -0.15) is 9.59 Å². The number of benzene rings is 2. The number of fused-ring (bicyclic) bond motifs is 2. The van der Waals surface area contributed by atoms with Gasteiger partial charge in [0.25, 0.3) is 6.47 Å². The van der Waals surface area contributed by atoms with E-state index >= 15 is 0 Å². The molecule has 2 amide bonds. The molecule has 16 heteroatoms. The van der Waals surface area contributed by atoms with Crippen LogP contribution in [0, 0.1) is 0 Å². The summed E-state index contributed by atoms with van der Waals surface area (Å²) in [4.78, 5) is 64.4. The summed E-state index contributed by atoms with van der Waals surface area (Å²) in [5, 5.41) is 2.43. The number of aromatic nitrogens is 4. The van der Waals surface area contributed by atoms with Crippen LogP contribution in [0.2, 0.25) is 20.1 Å². The minimum absolute atomic E-state index is 0.0545.